The largest absolute Gasteiger partial charge is 0.485 e. The molecule has 0 bridgehead atoms. The van der Waals surface area contributed by atoms with Gasteiger partial charge in [-0.3, -0.25) is 19.5 Å². The fourth-order valence-electron chi connectivity index (χ4n) is 2.82. The average Bonchev–Trinajstić information content (AvgIpc) is 3.14. The zero-order chi connectivity index (χ0) is 24.0. The number of rotatable bonds is 10. The molecule has 33 heavy (non-hydrogen) atoms. The fourth-order valence-corrected chi connectivity index (χ4v) is 4.00. The third-order valence-electron chi connectivity index (χ3n) is 4.36. The molecule has 3 rings (SSSR count). The number of benzene rings is 2. The van der Waals surface area contributed by atoms with Crippen LogP contribution in [-0.4, -0.2) is 31.3 Å². The lowest BCUT2D eigenvalue weighted by Crippen LogP contribution is -2.15. The molecule has 1 aromatic heterocycles. The highest BCUT2D eigenvalue weighted by atomic mass is 35.5. The molecule has 3 aromatic rings. The van der Waals surface area contributed by atoms with Crippen molar-refractivity contribution in [3.8, 4) is 5.75 Å². The summed E-state index contributed by atoms with van der Waals surface area (Å²) in [7, 11) is 0. The Labute approximate surface area is 203 Å². The van der Waals surface area contributed by atoms with Crippen molar-refractivity contribution < 1.29 is 14.5 Å². The van der Waals surface area contributed by atoms with E-state index in [0.717, 1.165) is 5.56 Å². The summed E-state index contributed by atoms with van der Waals surface area (Å²) in [6.07, 6.45) is 1.69. The second kappa shape index (κ2) is 11.2. The maximum atomic E-state index is 12.4. The summed E-state index contributed by atoms with van der Waals surface area (Å²) in [6, 6.07) is 9.39. The molecule has 0 aliphatic heterocycles. The maximum Gasteiger partial charge on any atom is 0.289 e. The van der Waals surface area contributed by atoms with Gasteiger partial charge in [0.2, 0.25) is 5.91 Å². The Morgan fingerprint density at radius 2 is 2.09 bits per heavy atom. The molecule has 1 N–H and O–H groups in total. The predicted molar refractivity (Wildman–Crippen MR) is 128 cm³/mol. The van der Waals surface area contributed by atoms with E-state index in [1.807, 2.05) is 6.92 Å². The van der Waals surface area contributed by atoms with Crippen LogP contribution in [-0.2, 0) is 17.9 Å². The number of thioether (sulfide) groups is 1. The van der Waals surface area contributed by atoms with Crippen LogP contribution in [0.4, 0.5) is 11.4 Å². The number of nitrogens with zero attached hydrogens (tertiary/aromatic N) is 4. The zero-order valence-corrected chi connectivity index (χ0v) is 19.8. The van der Waals surface area contributed by atoms with Gasteiger partial charge in [-0.15, -0.1) is 16.8 Å². The molecule has 172 valence electrons. The van der Waals surface area contributed by atoms with Gasteiger partial charge in [-0.2, -0.15) is 0 Å². The van der Waals surface area contributed by atoms with E-state index >= 15 is 0 Å². The first-order valence-electron chi connectivity index (χ1n) is 9.57. The highest BCUT2D eigenvalue weighted by Gasteiger charge is 2.17. The summed E-state index contributed by atoms with van der Waals surface area (Å²) in [4.78, 5) is 22.8. The Bertz CT molecular complexity index is 1200. The number of hydrogen-bond acceptors (Lipinski definition) is 7. The molecule has 1 heterocycles. The minimum atomic E-state index is -0.611. The van der Waals surface area contributed by atoms with E-state index in [9.17, 15) is 14.9 Å². The van der Waals surface area contributed by atoms with Crippen LogP contribution < -0.4 is 10.1 Å². The lowest BCUT2D eigenvalue weighted by Gasteiger charge is -2.11. The number of amides is 1. The highest BCUT2D eigenvalue weighted by molar-refractivity contribution is 7.99. The minimum Gasteiger partial charge on any atom is -0.485 e. The van der Waals surface area contributed by atoms with E-state index in [0.29, 0.717) is 28.3 Å². The summed E-state index contributed by atoms with van der Waals surface area (Å²) in [5, 5.41) is 23.1. The Kier molecular flexibility index (Phi) is 8.32. The van der Waals surface area contributed by atoms with Gasteiger partial charge in [-0.25, -0.2) is 0 Å². The van der Waals surface area contributed by atoms with Crippen molar-refractivity contribution in [1.29, 1.82) is 0 Å². The van der Waals surface area contributed by atoms with Crippen LogP contribution >= 0.6 is 35.0 Å². The predicted octanol–water partition coefficient (Wildman–Crippen LogP) is 5.30. The smallest absolute Gasteiger partial charge is 0.289 e. The molecule has 0 radical (unpaired) electrons. The van der Waals surface area contributed by atoms with E-state index in [2.05, 4.69) is 22.1 Å². The lowest BCUT2D eigenvalue weighted by molar-refractivity contribution is -0.384. The summed E-state index contributed by atoms with van der Waals surface area (Å²) in [5.41, 5.74) is 0.885. The Balaban J connectivity index is 1.64. The van der Waals surface area contributed by atoms with E-state index < -0.39 is 4.92 Å². The summed E-state index contributed by atoms with van der Waals surface area (Å²) < 4.78 is 7.65. The molecule has 12 heteroatoms. The van der Waals surface area contributed by atoms with E-state index in [1.54, 1.807) is 28.8 Å². The standard InChI is InChI=1S/C21H19Cl2N5O4S/c1-3-8-27-19(11-32-18-7-4-14(22)9-13(18)2)25-26-21(27)33-12-20(29)24-15-5-6-16(23)17(10-15)28(30)31/h3-7,9-10H,1,8,11-12H2,2H3,(H,24,29). The molecule has 9 nitrogen and oxygen atoms in total. The number of nitrogens with one attached hydrogen (secondary N) is 1. The Morgan fingerprint density at radius 1 is 1.30 bits per heavy atom. The molecular weight excluding hydrogens is 489 g/mol. The van der Waals surface area contributed by atoms with Crippen molar-refractivity contribution in [3.05, 3.63) is 80.6 Å². The van der Waals surface area contributed by atoms with Gasteiger partial charge in [-0.1, -0.05) is 41.0 Å². The molecule has 0 fully saturated rings. The average molecular weight is 508 g/mol. The molecule has 1 amide bonds. The number of nitro groups is 1. The number of allylic oxidation sites excluding steroid dienone is 1. The van der Waals surface area contributed by atoms with Gasteiger partial charge in [0.05, 0.1) is 10.7 Å². The van der Waals surface area contributed by atoms with Gasteiger partial charge < -0.3 is 10.1 Å². The zero-order valence-electron chi connectivity index (χ0n) is 17.5. The van der Waals surface area contributed by atoms with Crippen molar-refractivity contribution in [3.63, 3.8) is 0 Å². The number of halogens is 2. The number of nitro benzene ring substituents is 1. The van der Waals surface area contributed by atoms with E-state index in [1.165, 1.54) is 30.0 Å². The molecule has 0 unspecified atom stereocenters. The van der Waals surface area contributed by atoms with Crippen molar-refractivity contribution >= 4 is 52.2 Å². The number of carbonyl (C=O) groups excluding carboxylic acids is 1. The quantitative estimate of drug-likeness (QED) is 0.171. The molecule has 0 spiro atoms. The van der Waals surface area contributed by atoms with Crippen molar-refractivity contribution in [2.75, 3.05) is 11.1 Å². The van der Waals surface area contributed by atoms with Crippen LogP contribution in [0.15, 0.2) is 54.2 Å². The first-order chi connectivity index (χ1) is 15.8. The first kappa shape index (κ1) is 24.6. The van der Waals surface area contributed by atoms with Crippen LogP contribution in [0.25, 0.3) is 0 Å². The lowest BCUT2D eigenvalue weighted by atomic mass is 10.2. The number of ether oxygens (including phenoxy) is 1. The molecule has 0 atom stereocenters. The minimum absolute atomic E-state index is 0.00607. The Morgan fingerprint density at radius 3 is 2.79 bits per heavy atom. The van der Waals surface area contributed by atoms with Crippen molar-refractivity contribution in [2.45, 2.75) is 25.2 Å². The molecular formula is C21H19Cl2N5O4S. The third-order valence-corrected chi connectivity index (χ3v) is 5.88. The summed E-state index contributed by atoms with van der Waals surface area (Å²) >= 11 is 12.9. The number of hydrogen-bond donors (Lipinski definition) is 1. The molecule has 0 aliphatic carbocycles. The number of anilines is 1. The van der Waals surface area contributed by atoms with Gasteiger partial charge in [0.1, 0.15) is 17.4 Å². The SMILES string of the molecule is C=CCn1c(COc2ccc(Cl)cc2C)nnc1SCC(=O)Nc1ccc(Cl)c([N+](=O)[O-])c1. The monoisotopic (exact) mass is 507 g/mol. The highest BCUT2D eigenvalue weighted by Crippen LogP contribution is 2.28. The van der Waals surface area contributed by atoms with Gasteiger partial charge in [0, 0.05) is 23.3 Å². The summed E-state index contributed by atoms with van der Waals surface area (Å²) in [6.45, 7) is 6.25. The van der Waals surface area contributed by atoms with Crippen LogP contribution in [0, 0.1) is 17.0 Å². The maximum absolute atomic E-state index is 12.4. The number of carbonyl (C=O) groups is 1. The molecule has 2 aromatic carbocycles. The molecule has 0 saturated carbocycles. The molecule has 0 aliphatic rings. The molecule has 0 saturated heterocycles. The van der Waals surface area contributed by atoms with Crippen molar-refractivity contribution in [1.82, 2.24) is 14.8 Å². The van der Waals surface area contributed by atoms with Crippen LogP contribution in [0.5, 0.6) is 5.75 Å². The van der Waals surface area contributed by atoms with Gasteiger partial charge in [-0.05, 0) is 42.8 Å². The van der Waals surface area contributed by atoms with Crippen molar-refractivity contribution in [2.24, 2.45) is 0 Å². The van der Waals surface area contributed by atoms with Crippen LogP contribution in [0.2, 0.25) is 10.0 Å². The second-order valence-electron chi connectivity index (χ2n) is 6.76. The van der Waals surface area contributed by atoms with E-state index in [-0.39, 0.29) is 34.7 Å². The normalized spacial score (nSPS) is 10.6. The second-order valence-corrected chi connectivity index (χ2v) is 8.54. The van der Waals surface area contributed by atoms with Crippen LogP contribution in [0.1, 0.15) is 11.4 Å². The Hall–Kier alpha value is -3.08. The summed E-state index contributed by atoms with van der Waals surface area (Å²) in [5.74, 6) is 0.904. The number of aromatic nitrogens is 3. The number of aryl methyl sites for hydroxylation is 1. The van der Waals surface area contributed by atoms with Gasteiger partial charge in [0.25, 0.3) is 5.69 Å². The third kappa shape index (κ3) is 6.47. The van der Waals surface area contributed by atoms with Gasteiger partial charge >= 0.3 is 0 Å². The fraction of sp³-hybridized carbons (Fsp3) is 0.190. The van der Waals surface area contributed by atoms with Gasteiger partial charge in [0.15, 0.2) is 11.0 Å². The first-order valence-corrected chi connectivity index (χ1v) is 11.3. The van der Waals surface area contributed by atoms with Crippen LogP contribution in [0.3, 0.4) is 0 Å². The van der Waals surface area contributed by atoms with E-state index in [4.69, 9.17) is 27.9 Å². The topological polar surface area (TPSA) is 112 Å².